The lowest BCUT2D eigenvalue weighted by atomic mass is 10.1. The van der Waals surface area contributed by atoms with Crippen molar-refractivity contribution in [3.05, 3.63) is 65.0 Å². The molecule has 2 aromatic carbocycles. The third-order valence-corrected chi connectivity index (χ3v) is 3.22. The lowest BCUT2D eigenvalue weighted by molar-refractivity contribution is 0.0954. The van der Waals surface area contributed by atoms with Crippen molar-refractivity contribution < 1.29 is 13.9 Å². The molecule has 0 unspecified atom stereocenters. The molecule has 0 heterocycles. The summed E-state index contributed by atoms with van der Waals surface area (Å²) in [5, 5.41) is 2.82. The van der Waals surface area contributed by atoms with Crippen LogP contribution in [-0.4, -0.2) is 19.6 Å². The Bertz CT molecular complexity index is 623. The van der Waals surface area contributed by atoms with Crippen LogP contribution in [0.2, 0.25) is 0 Å². The number of carbonyl (C=O) groups is 1. The Hall–Kier alpha value is -2.36. The fourth-order valence-electron chi connectivity index (χ4n) is 2.12. The summed E-state index contributed by atoms with van der Waals surface area (Å²) in [6, 6.07) is 11.4. The molecule has 2 aromatic rings. The molecule has 1 N–H and O–H groups in total. The van der Waals surface area contributed by atoms with Gasteiger partial charge in [0.2, 0.25) is 0 Å². The van der Waals surface area contributed by atoms with Gasteiger partial charge in [-0.05, 0) is 49.2 Å². The summed E-state index contributed by atoms with van der Waals surface area (Å²) in [5.74, 6) is 0.259. The summed E-state index contributed by atoms with van der Waals surface area (Å²) in [4.78, 5) is 11.9. The molecule has 0 atom stereocenters. The van der Waals surface area contributed by atoms with Gasteiger partial charge in [-0.15, -0.1) is 0 Å². The van der Waals surface area contributed by atoms with E-state index in [1.54, 1.807) is 7.11 Å². The van der Waals surface area contributed by atoms with E-state index in [-0.39, 0.29) is 11.7 Å². The zero-order valence-corrected chi connectivity index (χ0v) is 12.2. The van der Waals surface area contributed by atoms with Gasteiger partial charge in [-0.3, -0.25) is 4.79 Å². The summed E-state index contributed by atoms with van der Waals surface area (Å²) < 4.78 is 18.1. The second-order valence-electron chi connectivity index (χ2n) is 4.83. The van der Waals surface area contributed by atoms with Crippen LogP contribution >= 0.6 is 0 Å². The molecular formula is C17H18FNO2. The number of rotatable bonds is 5. The minimum absolute atomic E-state index is 0.207. The zero-order valence-electron chi connectivity index (χ0n) is 12.2. The van der Waals surface area contributed by atoms with Crippen molar-refractivity contribution in [2.75, 3.05) is 13.7 Å². The highest BCUT2D eigenvalue weighted by molar-refractivity contribution is 5.94. The maximum Gasteiger partial charge on any atom is 0.251 e. The number of hydrogen-bond acceptors (Lipinski definition) is 2. The van der Waals surface area contributed by atoms with Crippen molar-refractivity contribution in [3.8, 4) is 5.75 Å². The predicted octanol–water partition coefficient (Wildman–Crippen LogP) is 3.12. The lowest BCUT2D eigenvalue weighted by Gasteiger charge is -2.10. The van der Waals surface area contributed by atoms with Crippen LogP contribution in [0.1, 0.15) is 21.5 Å². The molecular weight excluding hydrogens is 269 g/mol. The summed E-state index contributed by atoms with van der Waals surface area (Å²) in [5.41, 5.74) is 2.65. The summed E-state index contributed by atoms with van der Waals surface area (Å²) >= 11 is 0. The van der Waals surface area contributed by atoms with Crippen LogP contribution in [0.15, 0.2) is 42.5 Å². The number of aryl methyl sites for hydroxylation is 1. The molecule has 0 radical (unpaired) electrons. The Labute approximate surface area is 123 Å². The second-order valence-corrected chi connectivity index (χ2v) is 4.83. The van der Waals surface area contributed by atoms with Gasteiger partial charge >= 0.3 is 0 Å². The van der Waals surface area contributed by atoms with Crippen molar-refractivity contribution in [2.45, 2.75) is 13.3 Å². The molecule has 2 rings (SSSR count). The number of halogens is 1. The number of hydrogen-bond donors (Lipinski definition) is 1. The Morgan fingerprint density at radius 1 is 1.19 bits per heavy atom. The van der Waals surface area contributed by atoms with Crippen LogP contribution in [0.3, 0.4) is 0 Å². The van der Waals surface area contributed by atoms with Gasteiger partial charge in [0, 0.05) is 12.1 Å². The Kier molecular flexibility index (Phi) is 4.93. The molecule has 0 saturated carbocycles. The van der Waals surface area contributed by atoms with E-state index >= 15 is 0 Å². The fourth-order valence-corrected chi connectivity index (χ4v) is 2.12. The summed E-state index contributed by atoms with van der Waals surface area (Å²) in [6.45, 7) is 2.51. The van der Waals surface area contributed by atoms with Crippen LogP contribution in [0.4, 0.5) is 4.39 Å². The van der Waals surface area contributed by atoms with Crippen molar-refractivity contribution in [3.63, 3.8) is 0 Å². The van der Waals surface area contributed by atoms with E-state index in [0.717, 1.165) is 16.9 Å². The zero-order chi connectivity index (χ0) is 15.2. The molecule has 21 heavy (non-hydrogen) atoms. The molecule has 0 spiro atoms. The maximum atomic E-state index is 12.8. The fraction of sp³-hybridized carbons (Fsp3) is 0.235. The molecule has 0 fully saturated rings. The molecule has 3 nitrogen and oxygen atoms in total. The first kappa shape index (κ1) is 15.0. The van der Waals surface area contributed by atoms with E-state index in [1.165, 1.54) is 24.3 Å². The monoisotopic (exact) mass is 287 g/mol. The number of ether oxygens (including phenoxy) is 1. The molecule has 0 aliphatic heterocycles. The van der Waals surface area contributed by atoms with Gasteiger partial charge in [-0.2, -0.15) is 0 Å². The van der Waals surface area contributed by atoms with Crippen LogP contribution in [0.25, 0.3) is 0 Å². The minimum atomic E-state index is -0.351. The van der Waals surface area contributed by atoms with Gasteiger partial charge in [0.05, 0.1) is 7.11 Å². The number of amides is 1. The molecule has 0 bridgehead atoms. The Morgan fingerprint density at radius 3 is 2.57 bits per heavy atom. The van der Waals surface area contributed by atoms with Crippen LogP contribution < -0.4 is 10.1 Å². The number of methoxy groups -OCH3 is 1. The van der Waals surface area contributed by atoms with E-state index < -0.39 is 0 Å². The molecule has 4 heteroatoms. The van der Waals surface area contributed by atoms with Gasteiger partial charge in [0.15, 0.2) is 0 Å². The molecule has 0 aliphatic carbocycles. The molecule has 110 valence electrons. The van der Waals surface area contributed by atoms with Crippen molar-refractivity contribution in [1.82, 2.24) is 5.32 Å². The van der Waals surface area contributed by atoms with Gasteiger partial charge in [-0.25, -0.2) is 4.39 Å². The Balaban J connectivity index is 1.93. The first-order valence-electron chi connectivity index (χ1n) is 6.77. The van der Waals surface area contributed by atoms with E-state index in [0.29, 0.717) is 18.5 Å². The van der Waals surface area contributed by atoms with Gasteiger partial charge in [-0.1, -0.05) is 17.7 Å². The van der Waals surface area contributed by atoms with E-state index in [9.17, 15) is 9.18 Å². The van der Waals surface area contributed by atoms with E-state index in [4.69, 9.17) is 4.74 Å². The number of carbonyl (C=O) groups excluding carboxylic acids is 1. The van der Waals surface area contributed by atoms with E-state index in [2.05, 4.69) is 5.32 Å². The van der Waals surface area contributed by atoms with E-state index in [1.807, 2.05) is 25.1 Å². The maximum absolute atomic E-state index is 12.8. The topological polar surface area (TPSA) is 38.3 Å². The highest BCUT2D eigenvalue weighted by Crippen LogP contribution is 2.19. The second kappa shape index (κ2) is 6.88. The van der Waals surface area contributed by atoms with Crippen LogP contribution in [0, 0.1) is 12.7 Å². The lowest BCUT2D eigenvalue weighted by Crippen LogP contribution is -2.25. The van der Waals surface area contributed by atoms with Crippen molar-refractivity contribution in [1.29, 1.82) is 0 Å². The summed E-state index contributed by atoms with van der Waals surface area (Å²) in [6.07, 6.45) is 0.678. The van der Waals surface area contributed by atoms with Gasteiger partial charge in [0.1, 0.15) is 11.6 Å². The number of nitrogens with one attached hydrogen (secondary N) is 1. The normalized spacial score (nSPS) is 10.2. The molecule has 0 aromatic heterocycles. The third kappa shape index (κ3) is 4.05. The van der Waals surface area contributed by atoms with Gasteiger partial charge < -0.3 is 10.1 Å². The smallest absolute Gasteiger partial charge is 0.251 e. The third-order valence-electron chi connectivity index (χ3n) is 3.22. The van der Waals surface area contributed by atoms with Gasteiger partial charge in [0.25, 0.3) is 5.91 Å². The molecule has 1 amide bonds. The quantitative estimate of drug-likeness (QED) is 0.917. The highest BCUT2D eigenvalue weighted by Gasteiger charge is 2.07. The first-order valence-corrected chi connectivity index (χ1v) is 6.77. The predicted molar refractivity (Wildman–Crippen MR) is 80.2 cm³/mol. The average molecular weight is 287 g/mol. The SMILES string of the molecule is COc1ccc(C)cc1CCNC(=O)c1ccc(F)cc1. The minimum Gasteiger partial charge on any atom is -0.496 e. The molecule has 0 aliphatic rings. The van der Waals surface area contributed by atoms with Crippen molar-refractivity contribution in [2.24, 2.45) is 0 Å². The average Bonchev–Trinajstić information content (AvgIpc) is 2.48. The summed E-state index contributed by atoms with van der Waals surface area (Å²) in [7, 11) is 1.63. The van der Waals surface area contributed by atoms with Crippen LogP contribution in [0.5, 0.6) is 5.75 Å². The molecule has 0 saturated heterocycles. The number of benzene rings is 2. The first-order chi connectivity index (χ1) is 10.1. The largest absolute Gasteiger partial charge is 0.496 e. The standard InChI is InChI=1S/C17H18FNO2/c1-12-3-8-16(21-2)14(11-12)9-10-19-17(20)13-4-6-15(18)7-5-13/h3-8,11H,9-10H2,1-2H3,(H,19,20). The highest BCUT2D eigenvalue weighted by atomic mass is 19.1. The van der Waals surface area contributed by atoms with Crippen LogP contribution in [-0.2, 0) is 6.42 Å². The Morgan fingerprint density at radius 2 is 1.90 bits per heavy atom. The van der Waals surface area contributed by atoms with Crippen molar-refractivity contribution >= 4 is 5.91 Å².